The van der Waals surface area contributed by atoms with Gasteiger partial charge in [-0.25, -0.2) is 4.98 Å². The molecule has 2 N–H and O–H groups in total. The molecule has 1 heterocycles. The van der Waals surface area contributed by atoms with Crippen LogP contribution >= 0.6 is 12.2 Å². The van der Waals surface area contributed by atoms with Crippen molar-refractivity contribution < 1.29 is 5.11 Å². The van der Waals surface area contributed by atoms with Crippen LogP contribution in [0.4, 0.5) is 0 Å². The molecule has 0 radical (unpaired) electrons. The van der Waals surface area contributed by atoms with Gasteiger partial charge in [0.15, 0.2) is 0 Å². The molecule has 1 aliphatic carbocycles. The maximum atomic E-state index is 10.4. The van der Waals surface area contributed by atoms with Crippen LogP contribution in [0, 0.1) is 6.92 Å². The summed E-state index contributed by atoms with van der Waals surface area (Å²) >= 11 is 5.44. The first kappa shape index (κ1) is 12.5. The van der Waals surface area contributed by atoms with Crippen LogP contribution in [0.15, 0.2) is 12.5 Å². The molecular weight excluding hydrogens is 234 g/mol. The number of aromatic nitrogens is 2. The highest BCUT2D eigenvalue weighted by molar-refractivity contribution is 7.80. The number of hydrogen-bond acceptors (Lipinski definition) is 3. The predicted octanol–water partition coefficient (Wildman–Crippen LogP) is 1.37. The molecule has 0 aromatic carbocycles. The van der Waals surface area contributed by atoms with Crippen LogP contribution in [0.25, 0.3) is 0 Å². The number of nitrogens with zero attached hydrogens (tertiary/aromatic N) is 2. The van der Waals surface area contributed by atoms with Crippen molar-refractivity contribution in [2.24, 2.45) is 0 Å². The van der Waals surface area contributed by atoms with Crippen LogP contribution in [0.3, 0.4) is 0 Å². The number of aryl methyl sites for hydroxylation is 1. The Bertz CT molecular complexity index is 418. The second-order valence-corrected chi connectivity index (χ2v) is 5.10. The lowest BCUT2D eigenvalue weighted by atomic mass is 9.78. The van der Waals surface area contributed by atoms with Crippen molar-refractivity contribution in [3.63, 3.8) is 0 Å². The quantitative estimate of drug-likeness (QED) is 0.782. The van der Waals surface area contributed by atoms with E-state index in [9.17, 15) is 5.11 Å². The minimum absolute atomic E-state index is 0.440. The first-order valence-corrected chi connectivity index (χ1v) is 6.43. The van der Waals surface area contributed by atoms with E-state index in [-0.39, 0.29) is 0 Å². The zero-order chi connectivity index (χ0) is 12.5. The van der Waals surface area contributed by atoms with Gasteiger partial charge in [-0.05, 0) is 19.8 Å². The number of likely N-dealkylation sites (N-methyl/N-ethyl adjacent to an activating group) is 1. The van der Waals surface area contributed by atoms with Crippen LogP contribution in [-0.2, 0) is 5.54 Å². The summed E-state index contributed by atoms with van der Waals surface area (Å²) in [5, 5.41) is 13.4. The van der Waals surface area contributed by atoms with E-state index in [0.29, 0.717) is 4.99 Å². The molecule has 4 nitrogen and oxygen atoms in total. The van der Waals surface area contributed by atoms with Gasteiger partial charge in [0.1, 0.15) is 10.5 Å². The number of aliphatic hydroxyl groups is 1. The molecule has 2 unspecified atom stereocenters. The zero-order valence-corrected chi connectivity index (χ0v) is 11.1. The molecule has 0 amide bonds. The summed E-state index contributed by atoms with van der Waals surface area (Å²) in [6.07, 6.45) is 7.08. The fourth-order valence-electron chi connectivity index (χ4n) is 2.68. The van der Waals surface area contributed by atoms with Gasteiger partial charge in [-0.1, -0.05) is 25.1 Å². The van der Waals surface area contributed by atoms with Gasteiger partial charge in [-0.2, -0.15) is 0 Å². The standard InChI is InChI=1S/C12H19N3OS/c1-9-7-15(8-14-9)12(11(17)13-2)6-4-3-5-10(12)16/h7-8,10,16H,3-6H2,1-2H3,(H,13,17). The normalized spacial score (nSPS) is 29.0. The van der Waals surface area contributed by atoms with Gasteiger partial charge in [0, 0.05) is 13.2 Å². The lowest BCUT2D eigenvalue weighted by Crippen LogP contribution is -2.56. The van der Waals surface area contributed by atoms with Crippen LogP contribution in [0.2, 0.25) is 0 Å². The van der Waals surface area contributed by atoms with Gasteiger partial charge in [0.2, 0.25) is 0 Å². The molecule has 1 saturated carbocycles. The van der Waals surface area contributed by atoms with Crippen molar-refractivity contribution in [2.75, 3.05) is 7.05 Å². The largest absolute Gasteiger partial charge is 0.390 e. The summed E-state index contributed by atoms with van der Waals surface area (Å²) in [4.78, 5) is 4.95. The van der Waals surface area contributed by atoms with Crippen molar-refractivity contribution in [1.29, 1.82) is 0 Å². The van der Waals surface area contributed by atoms with Crippen molar-refractivity contribution >= 4 is 17.2 Å². The molecule has 5 heteroatoms. The maximum Gasteiger partial charge on any atom is 0.121 e. The second kappa shape index (κ2) is 4.74. The van der Waals surface area contributed by atoms with E-state index in [0.717, 1.165) is 31.4 Å². The number of hydrogen-bond donors (Lipinski definition) is 2. The van der Waals surface area contributed by atoms with Gasteiger partial charge in [-0.3, -0.25) is 0 Å². The van der Waals surface area contributed by atoms with Crippen molar-refractivity contribution in [2.45, 2.75) is 44.2 Å². The molecule has 0 saturated heterocycles. The van der Waals surface area contributed by atoms with Crippen LogP contribution in [0.5, 0.6) is 0 Å². The van der Waals surface area contributed by atoms with Crippen LogP contribution < -0.4 is 5.32 Å². The summed E-state index contributed by atoms with van der Waals surface area (Å²) in [5.41, 5.74) is 0.435. The van der Waals surface area contributed by atoms with Gasteiger partial charge < -0.3 is 15.0 Å². The first-order chi connectivity index (χ1) is 8.11. The number of nitrogens with one attached hydrogen (secondary N) is 1. The third kappa shape index (κ3) is 1.98. The summed E-state index contributed by atoms with van der Waals surface area (Å²) in [6, 6.07) is 0. The van der Waals surface area contributed by atoms with E-state index in [1.54, 1.807) is 6.33 Å². The number of thiocarbonyl (C=S) groups is 1. The fraction of sp³-hybridized carbons (Fsp3) is 0.667. The Labute approximate surface area is 107 Å². The SMILES string of the molecule is CNC(=S)C1(n2cnc(C)c2)CCCCC1O. The van der Waals surface area contributed by atoms with E-state index in [1.165, 1.54) is 0 Å². The third-order valence-electron chi connectivity index (χ3n) is 3.63. The van der Waals surface area contributed by atoms with E-state index in [1.807, 2.05) is 24.7 Å². The molecule has 94 valence electrons. The van der Waals surface area contributed by atoms with E-state index < -0.39 is 11.6 Å². The fourth-order valence-corrected chi connectivity index (χ4v) is 3.02. The van der Waals surface area contributed by atoms with Crippen molar-refractivity contribution in [1.82, 2.24) is 14.9 Å². The Balaban J connectivity index is 2.46. The van der Waals surface area contributed by atoms with Gasteiger partial charge >= 0.3 is 0 Å². The van der Waals surface area contributed by atoms with Crippen LogP contribution in [-0.4, -0.2) is 32.8 Å². The Morgan fingerprint density at radius 1 is 1.65 bits per heavy atom. The number of rotatable bonds is 2. The molecular formula is C12H19N3OS. The minimum atomic E-state index is -0.510. The molecule has 2 rings (SSSR count). The third-order valence-corrected chi connectivity index (χ3v) is 4.19. The molecule has 2 atom stereocenters. The highest BCUT2D eigenvalue weighted by Crippen LogP contribution is 2.36. The summed E-state index contributed by atoms with van der Waals surface area (Å²) in [6.45, 7) is 1.95. The Morgan fingerprint density at radius 2 is 2.41 bits per heavy atom. The number of aliphatic hydroxyl groups excluding tert-OH is 1. The molecule has 0 spiro atoms. The summed E-state index contributed by atoms with van der Waals surface area (Å²) in [5.74, 6) is 0. The number of imidazole rings is 1. The molecule has 1 aromatic rings. The Kier molecular flexibility index (Phi) is 3.49. The van der Waals surface area contributed by atoms with Crippen molar-refractivity contribution in [3.05, 3.63) is 18.2 Å². The molecule has 1 aliphatic rings. The molecule has 0 bridgehead atoms. The lowest BCUT2D eigenvalue weighted by molar-refractivity contribution is 0.0404. The molecule has 17 heavy (non-hydrogen) atoms. The van der Waals surface area contributed by atoms with Crippen molar-refractivity contribution in [3.8, 4) is 0 Å². The summed E-state index contributed by atoms with van der Waals surface area (Å²) in [7, 11) is 1.81. The molecule has 1 fully saturated rings. The molecule has 1 aromatic heterocycles. The average Bonchev–Trinajstić information content (AvgIpc) is 2.76. The zero-order valence-electron chi connectivity index (χ0n) is 10.3. The summed E-state index contributed by atoms with van der Waals surface area (Å²) < 4.78 is 1.98. The second-order valence-electron chi connectivity index (χ2n) is 4.69. The maximum absolute atomic E-state index is 10.4. The predicted molar refractivity (Wildman–Crippen MR) is 71.1 cm³/mol. The van der Waals surface area contributed by atoms with Crippen LogP contribution in [0.1, 0.15) is 31.4 Å². The van der Waals surface area contributed by atoms with Gasteiger partial charge in [-0.15, -0.1) is 0 Å². The van der Waals surface area contributed by atoms with Gasteiger partial charge in [0.05, 0.1) is 18.1 Å². The highest BCUT2D eigenvalue weighted by atomic mass is 32.1. The highest BCUT2D eigenvalue weighted by Gasteiger charge is 2.45. The van der Waals surface area contributed by atoms with E-state index in [2.05, 4.69) is 10.3 Å². The van der Waals surface area contributed by atoms with E-state index in [4.69, 9.17) is 12.2 Å². The Hall–Kier alpha value is -0.940. The average molecular weight is 253 g/mol. The van der Waals surface area contributed by atoms with E-state index >= 15 is 0 Å². The topological polar surface area (TPSA) is 50.1 Å². The lowest BCUT2D eigenvalue weighted by Gasteiger charge is -2.42. The monoisotopic (exact) mass is 253 g/mol. The van der Waals surface area contributed by atoms with Gasteiger partial charge in [0.25, 0.3) is 0 Å². The molecule has 0 aliphatic heterocycles. The Morgan fingerprint density at radius 3 is 2.94 bits per heavy atom. The minimum Gasteiger partial charge on any atom is -0.390 e. The smallest absolute Gasteiger partial charge is 0.121 e. The first-order valence-electron chi connectivity index (χ1n) is 6.02.